The van der Waals surface area contributed by atoms with E-state index in [0.29, 0.717) is 10.9 Å². The monoisotopic (exact) mass is 612 g/mol. The molecule has 15 heteroatoms. The van der Waals surface area contributed by atoms with Crippen LogP contribution in [0, 0.1) is 0 Å². The second kappa shape index (κ2) is 12.0. The number of carbonyl (C=O) groups is 1. The molecule has 2 saturated heterocycles. The van der Waals surface area contributed by atoms with Crippen molar-refractivity contribution < 1.29 is 74.4 Å². The Kier molecular flexibility index (Phi) is 8.88. The lowest BCUT2D eigenvalue weighted by Crippen LogP contribution is -2.62. The average molecular weight is 613 g/mol. The molecule has 0 amide bonds. The van der Waals surface area contributed by atoms with E-state index in [2.05, 4.69) is 0 Å². The summed E-state index contributed by atoms with van der Waals surface area (Å²) in [6.07, 6.45) is -16.4. The van der Waals surface area contributed by atoms with Crippen LogP contribution < -0.4 is 9.47 Å². The number of Topliss-reactive ketones (excluding diaryl/α,β-unsaturated/α-hetero) is 1. The van der Waals surface area contributed by atoms with Crippen LogP contribution >= 0.6 is 0 Å². The van der Waals surface area contributed by atoms with Gasteiger partial charge in [0.1, 0.15) is 66.1 Å². The number of phenolic OH excluding ortho intramolecular Hbond substituents is 1. The van der Waals surface area contributed by atoms with Crippen molar-refractivity contribution in [3.63, 3.8) is 0 Å². The van der Waals surface area contributed by atoms with Crippen molar-refractivity contribution in [3.05, 3.63) is 29.3 Å². The SMILES string of the molecule is COc1cc(O[C@@H]2O[C@H](CO[C@@H]3O[C@H](CO)[C@@H](O)[C@H](O)[C@H]3O)[C@@H](O)[C@H](O)[C@H]2O)c2c(O)c3c(cc2c1)CC(C)(O)CC3=O. The van der Waals surface area contributed by atoms with Crippen molar-refractivity contribution in [2.75, 3.05) is 20.3 Å². The molecular formula is C28H36O15. The maximum atomic E-state index is 12.9. The van der Waals surface area contributed by atoms with Crippen LogP contribution in [0.25, 0.3) is 10.8 Å². The first-order chi connectivity index (χ1) is 20.3. The van der Waals surface area contributed by atoms with Gasteiger partial charge in [-0.25, -0.2) is 0 Å². The quantitative estimate of drug-likeness (QED) is 0.156. The smallest absolute Gasteiger partial charge is 0.229 e. The Balaban J connectivity index is 1.42. The van der Waals surface area contributed by atoms with E-state index in [1.807, 2.05) is 0 Å². The number of ether oxygens (including phenoxy) is 5. The molecule has 0 radical (unpaired) electrons. The van der Waals surface area contributed by atoms with Gasteiger partial charge in [-0.2, -0.15) is 0 Å². The molecule has 0 bridgehead atoms. The van der Waals surface area contributed by atoms with Gasteiger partial charge in [-0.05, 0) is 30.0 Å². The van der Waals surface area contributed by atoms with Gasteiger partial charge in [0.15, 0.2) is 12.1 Å². The van der Waals surface area contributed by atoms with Crippen molar-refractivity contribution in [2.24, 2.45) is 0 Å². The summed E-state index contributed by atoms with van der Waals surface area (Å²) in [5, 5.41) is 93.6. The van der Waals surface area contributed by atoms with Crippen molar-refractivity contribution >= 4 is 16.6 Å². The zero-order valence-corrected chi connectivity index (χ0v) is 23.3. The molecule has 15 nitrogen and oxygen atoms in total. The van der Waals surface area contributed by atoms with Gasteiger partial charge in [0, 0.05) is 18.9 Å². The van der Waals surface area contributed by atoms with E-state index < -0.39 is 91.8 Å². The number of methoxy groups -OCH3 is 1. The van der Waals surface area contributed by atoms with Crippen LogP contribution in [0.5, 0.6) is 17.2 Å². The lowest BCUT2D eigenvalue weighted by atomic mass is 9.79. The highest BCUT2D eigenvalue weighted by atomic mass is 16.7. The summed E-state index contributed by atoms with van der Waals surface area (Å²) in [4.78, 5) is 12.9. The van der Waals surface area contributed by atoms with E-state index in [1.54, 1.807) is 12.1 Å². The zero-order valence-electron chi connectivity index (χ0n) is 23.3. The van der Waals surface area contributed by atoms with Crippen molar-refractivity contribution in [3.8, 4) is 17.2 Å². The van der Waals surface area contributed by atoms with E-state index in [1.165, 1.54) is 20.1 Å². The largest absolute Gasteiger partial charge is 0.506 e. The summed E-state index contributed by atoms with van der Waals surface area (Å²) in [5.41, 5.74) is -0.865. The van der Waals surface area contributed by atoms with Crippen LogP contribution in [0.4, 0.5) is 0 Å². The number of phenols is 1. The number of hydrogen-bond donors (Lipinski definition) is 9. The van der Waals surface area contributed by atoms with E-state index >= 15 is 0 Å². The minimum atomic E-state index is -1.82. The highest BCUT2D eigenvalue weighted by Gasteiger charge is 2.48. The third kappa shape index (κ3) is 5.91. The molecule has 9 N–H and O–H groups in total. The molecule has 43 heavy (non-hydrogen) atoms. The third-order valence-corrected chi connectivity index (χ3v) is 8.04. The second-order valence-electron chi connectivity index (χ2n) is 11.4. The summed E-state index contributed by atoms with van der Waals surface area (Å²) in [7, 11) is 1.38. The fourth-order valence-electron chi connectivity index (χ4n) is 5.75. The fourth-order valence-corrected chi connectivity index (χ4v) is 5.75. The molecule has 11 atom stereocenters. The predicted molar refractivity (Wildman–Crippen MR) is 142 cm³/mol. The predicted octanol–water partition coefficient (Wildman–Crippen LogP) is -2.56. The summed E-state index contributed by atoms with van der Waals surface area (Å²) >= 11 is 0. The molecule has 0 aromatic heterocycles. The molecule has 0 spiro atoms. The maximum Gasteiger partial charge on any atom is 0.229 e. The lowest BCUT2D eigenvalue weighted by Gasteiger charge is -2.42. The summed E-state index contributed by atoms with van der Waals surface area (Å²) in [6.45, 7) is 0.262. The van der Waals surface area contributed by atoms with E-state index in [0.717, 1.165) is 0 Å². The van der Waals surface area contributed by atoms with E-state index in [-0.39, 0.29) is 35.3 Å². The van der Waals surface area contributed by atoms with Gasteiger partial charge >= 0.3 is 0 Å². The Labute approximate surface area is 245 Å². The number of aliphatic hydroxyl groups is 8. The molecule has 238 valence electrons. The maximum absolute atomic E-state index is 12.9. The van der Waals surface area contributed by atoms with Gasteiger partial charge in [0.05, 0.1) is 36.9 Å². The number of carbonyl (C=O) groups excluding carboxylic acids is 1. The first kappa shape index (κ1) is 31.7. The summed E-state index contributed by atoms with van der Waals surface area (Å²) in [6, 6.07) is 4.55. The van der Waals surface area contributed by atoms with Crippen molar-refractivity contribution in [1.29, 1.82) is 0 Å². The minimum Gasteiger partial charge on any atom is -0.506 e. The molecule has 2 heterocycles. The van der Waals surface area contributed by atoms with Crippen LogP contribution in [0.2, 0.25) is 0 Å². The second-order valence-corrected chi connectivity index (χ2v) is 11.4. The average Bonchev–Trinajstić information content (AvgIpc) is 2.95. The number of aliphatic hydroxyl groups excluding tert-OH is 7. The van der Waals surface area contributed by atoms with E-state index in [4.69, 9.17) is 23.7 Å². The Hall–Kier alpha value is -2.67. The number of hydrogen-bond acceptors (Lipinski definition) is 15. The first-order valence-corrected chi connectivity index (χ1v) is 13.7. The van der Waals surface area contributed by atoms with Gasteiger partial charge in [-0.3, -0.25) is 4.79 Å². The Morgan fingerprint density at radius 3 is 2.16 bits per heavy atom. The number of benzene rings is 2. The number of ketones is 1. The standard InChI is InChI=1S/C28H36O15/c1-28(38)6-11-3-10-4-12(39-2)5-14(18(10)21(33)17(11)13(30)7-28)41-27-25(37)23(35)20(32)16(43-27)9-40-26-24(36)22(34)19(31)15(8-29)42-26/h3-5,15-16,19-20,22-27,29,31-38H,6-9H2,1-2H3/t15-,16-,19-,20-,22+,23+,24-,25-,26-,27-,28?/m1/s1. The fraction of sp³-hybridized carbons (Fsp3) is 0.607. The molecule has 2 aliphatic heterocycles. The molecule has 2 fully saturated rings. The molecule has 3 aliphatic rings. The highest BCUT2D eigenvalue weighted by Crippen LogP contribution is 2.45. The topological polar surface area (TPSA) is 245 Å². The zero-order chi connectivity index (χ0) is 31.4. The Morgan fingerprint density at radius 1 is 0.884 bits per heavy atom. The van der Waals surface area contributed by atoms with Gasteiger partial charge in [-0.1, -0.05) is 0 Å². The number of fused-ring (bicyclic) bond motifs is 2. The van der Waals surface area contributed by atoms with Crippen LogP contribution in [-0.4, -0.2) is 139 Å². The van der Waals surface area contributed by atoms with Gasteiger partial charge < -0.3 is 69.6 Å². The highest BCUT2D eigenvalue weighted by molar-refractivity contribution is 6.09. The molecule has 2 aromatic rings. The first-order valence-electron chi connectivity index (χ1n) is 13.7. The Morgan fingerprint density at radius 2 is 1.51 bits per heavy atom. The van der Waals surface area contributed by atoms with Gasteiger partial charge in [-0.15, -0.1) is 0 Å². The molecule has 1 aliphatic carbocycles. The molecular weight excluding hydrogens is 576 g/mol. The molecule has 5 rings (SSSR count). The third-order valence-electron chi connectivity index (χ3n) is 8.04. The van der Waals surface area contributed by atoms with Crippen LogP contribution in [0.1, 0.15) is 29.3 Å². The number of rotatable bonds is 7. The Bertz CT molecular complexity index is 1350. The van der Waals surface area contributed by atoms with Crippen LogP contribution in [0.15, 0.2) is 18.2 Å². The summed E-state index contributed by atoms with van der Waals surface area (Å²) < 4.78 is 27.7. The molecule has 0 saturated carbocycles. The van der Waals surface area contributed by atoms with E-state index in [9.17, 15) is 50.8 Å². The molecule has 1 unspecified atom stereocenters. The van der Waals surface area contributed by atoms with Crippen molar-refractivity contribution in [2.45, 2.75) is 86.8 Å². The number of aromatic hydroxyl groups is 1. The molecule has 2 aromatic carbocycles. The van der Waals surface area contributed by atoms with Crippen LogP contribution in [0.3, 0.4) is 0 Å². The van der Waals surface area contributed by atoms with Gasteiger partial charge in [0.25, 0.3) is 0 Å². The van der Waals surface area contributed by atoms with Crippen molar-refractivity contribution in [1.82, 2.24) is 0 Å². The van der Waals surface area contributed by atoms with Crippen LogP contribution in [-0.2, 0) is 20.6 Å². The van der Waals surface area contributed by atoms with Gasteiger partial charge in [0.2, 0.25) is 6.29 Å². The minimum absolute atomic E-state index is 0.0143. The normalized spacial score (nSPS) is 38.1. The summed E-state index contributed by atoms with van der Waals surface area (Å²) in [5.74, 6) is -0.727. The lowest BCUT2D eigenvalue weighted by molar-refractivity contribution is -0.323.